The molecule has 0 bridgehead atoms. The largest absolute Gasteiger partial charge is 0.478 e. The fraction of sp³-hybridized carbons (Fsp3) is 0.333. The summed E-state index contributed by atoms with van der Waals surface area (Å²) < 4.78 is 44.1. The summed E-state index contributed by atoms with van der Waals surface area (Å²) in [6.07, 6.45) is -2.00. The van der Waals surface area contributed by atoms with Crippen LogP contribution >= 0.6 is 0 Å². The number of ether oxygens (including phenoxy) is 1. The standard InChI is InChI=1S/C24H22F3N3O3/c1-14-11-17(13-21(28-14)30-23(32)15-4-5-15)20(31)3-2-10-33-22-9-6-16-12-18(24(25,26)27)7-8-19(16)29-22/h6-9,11-13,15H,2-5,10H2,1H3,(H,28,30,32). The molecule has 3 aromatic rings. The van der Waals surface area contributed by atoms with Gasteiger partial charge in [-0.2, -0.15) is 13.2 Å². The first-order valence-corrected chi connectivity index (χ1v) is 10.6. The van der Waals surface area contributed by atoms with Crippen molar-refractivity contribution in [2.75, 3.05) is 11.9 Å². The zero-order chi connectivity index (χ0) is 23.6. The van der Waals surface area contributed by atoms with Gasteiger partial charge in [-0.25, -0.2) is 9.97 Å². The van der Waals surface area contributed by atoms with Gasteiger partial charge in [-0.1, -0.05) is 0 Å². The first-order valence-electron chi connectivity index (χ1n) is 10.6. The summed E-state index contributed by atoms with van der Waals surface area (Å²) in [4.78, 5) is 33.0. The van der Waals surface area contributed by atoms with Crippen molar-refractivity contribution < 1.29 is 27.5 Å². The van der Waals surface area contributed by atoms with Crippen molar-refractivity contribution in [1.29, 1.82) is 0 Å². The maximum absolute atomic E-state index is 12.8. The van der Waals surface area contributed by atoms with Gasteiger partial charge in [-0.15, -0.1) is 0 Å². The molecule has 2 aromatic heterocycles. The van der Waals surface area contributed by atoms with Crippen molar-refractivity contribution >= 4 is 28.4 Å². The van der Waals surface area contributed by atoms with Crippen LogP contribution in [0.2, 0.25) is 0 Å². The van der Waals surface area contributed by atoms with Gasteiger partial charge >= 0.3 is 6.18 Å². The molecule has 0 unspecified atom stereocenters. The van der Waals surface area contributed by atoms with Gasteiger partial charge in [0, 0.05) is 35.0 Å². The summed E-state index contributed by atoms with van der Waals surface area (Å²) in [7, 11) is 0. The Bertz CT molecular complexity index is 1210. The highest BCUT2D eigenvalue weighted by Crippen LogP contribution is 2.32. The fourth-order valence-electron chi connectivity index (χ4n) is 3.38. The smallest absolute Gasteiger partial charge is 0.416 e. The fourth-order valence-corrected chi connectivity index (χ4v) is 3.38. The van der Waals surface area contributed by atoms with Gasteiger partial charge in [-0.3, -0.25) is 9.59 Å². The molecule has 0 aliphatic heterocycles. The van der Waals surface area contributed by atoms with Crippen LogP contribution in [0.3, 0.4) is 0 Å². The number of hydrogen-bond donors (Lipinski definition) is 1. The van der Waals surface area contributed by atoms with Crippen molar-refractivity contribution in [3.05, 3.63) is 59.3 Å². The lowest BCUT2D eigenvalue weighted by molar-refractivity contribution is -0.137. The number of halogens is 3. The Morgan fingerprint density at radius 3 is 2.61 bits per heavy atom. The maximum atomic E-state index is 12.8. The summed E-state index contributed by atoms with van der Waals surface area (Å²) in [5.41, 5.74) is 0.769. The number of benzene rings is 1. The minimum Gasteiger partial charge on any atom is -0.478 e. The lowest BCUT2D eigenvalue weighted by Crippen LogP contribution is -2.15. The van der Waals surface area contributed by atoms with Crippen LogP contribution in [0.5, 0.6) is 5.88 Å². The zero-order valence-corrected chi connectivity index (χ0v) is 17.9. The lowest BCUT2D eigenvalue weighted by Gasteiger charge is -2.10. The molecule has 2 heterocycles. The summed E-state index contributed by atoms with van der Waals surface area (Å²) in [5, 5.41) is 3.12. The van der Waals surface area contributed by atoms with Crippen LogP contribution in [-0.2, 0) is 11.0 Å². The molecule has 4 rings (SSSR count). The second kappa shape index (κ2) is 9.17. The number of carbonyl (C=O) groups excluding carboxylic acids is 2. The average Bonchev–Trinajstić information content (AvgIpc) is 3.60. The van der Waals surface area contributed by atoms with Crippen LogP contribution in [0.15, 0.2) is 42.5 Å². The van der Waals surface area contributed by atoms with E-state index in [9.17, 15) is 22.8 Å². The van der Waals surface area contributed by atoms with Gasteiger partial charge in [0.1, 0.15) is 5.82 Å². The summed E-state index contributed by atoms with van der Waals surface area (Å²) in [6.45, 7) is 1.98. The second-order valence-corrected chi connectivity index (χ2v) is 8.08. The number of ketones is 1. The van der Waals surface area contributed by atoms with Crippen molar-refractivity contribution in [2.24, 2.45) is 5.92 Å². The van der Waals surface area contributed by atoms with Crippen LogP contribution < -0.4 is 10.1 Å². The van der Waals surface area contributed by atoms with E-state index in [2.05, 4.69) is 15.3 Å². The van der Waals surface area contributed by atoms with E-state index in [-0.39, 0.29) is 36.5 Å². The number of aryl methyl sites for hydroxylation is 1. The van der Waals surface area contributed by atoms with Crippen molar-refractivity contribution in [3.63, 3.8) is 0 Å². The topological polar surface area (TPSA) is 81.2 Å². The molecular formula is C24H22F3N3O3. The molecule has 1 N–H and O–H groups in total. The van der Waals surface area contributed by atoms with E-state index in [0.29, 0.717) is 34.4 Å². The molecule has 33 heavy (non-hydrogen) atoms. The monoisotopic (exact) mass is 457 g/mol. The quantitative estimate of drug-likeness (QED) is 0.364. The van der Waals surface area contributed by atoms with Gasteiger partial charge in [0.2, 0.25) is 11.8 Å². The molecular weight excluding hydrogens is 435 g/mol. The number of carbonyl (C=O) groups is 2. The van der Waals surface area contributed by atoms with E-state index in [1.807, 2.05) is 0 Å². The van der Waals surface area contributed by atoms with E-state index >= 15 is 0 Å². The minimum absolute atomic E-state index is 0.0408. The third-order valence-corrected chi connectivity index (χ3v) is 5.26. The Hall–Kier alpha value is -3.49. The molecule has 9 heteroatoms. The molecule has 172 valence electrons. The molecule has 1 aliphatic rings. The van der Waals surface area contributed by atoms with E-state index < -0.39 is 11.7 Å². The normalized spacial score (nSPS) is 13.7. The average molecular weight is 457 g/mol. The highest BCUT2D eigenvalue weighted by molar-refractivity contribution is 5.98. The third kappa shape index (κ3) is 5.85. The number of amides is 1. The number of fused-ring (bicyclic) bond motifs is 1. The van der Waals surface area contributed by atoms with Crippen LogP contribution in [0.4, 0.5) is 19.0 Å². The molecule has 1 amide bonds. The number of anilines is 1. The first-order chi connectivity index (χ1) is 15.7. The van der Waals surface area contributed by atoms with Crippen molar-refractivity contribution in [2.45, 2.75) is 38.8 Å². The van der Waals surface area contributed by atoms with Crippen molar-refractivity contribution in [1.82, 2.24) is 9.97 Å². The van der Waals surface area contributed by atoms with Crippen molar-refractivity contribution in [3.8, 4) is 5.88 Å². The minimum atomic E-state index is -4.41. The SMILES string of the molecule is Cc1cc(C(=O)CCCOc2ccc3cc(C(F)(F)F)ccc3n2)cc(NC(=O)C2CC2)n1. The molecule has 1 aromatic carbocycles. The number of alkyl halides is 3. The van der Waals surface area contributed by atoms with Gasteiger partial charge in [0.15, 0.2) is 5.78 Å². The number of aromatic nitrogens is 2. The van der Waals surface area contributed by atoms with Gasteiger partial charge in [0.25, 0.3) is 0 Å². The van der Waals surface area contributed by atoms with Crippen LogP contribution in [0.25, 0.3) is 10.9 Å². The molecule has 6 nitrogen and oxygen atoms in total. The molecule has 0 radical (unpaired) electrons. The number of hydrogen-bond acceptors (Lipinski definition) is 5. The molecule has 0 saturated heterocycles. The summed E-state index contributed by atoms with van der Waals surface area (Å²) in [5.74, 6) is 0.522. The van der Waals surface area contributed by atoms with Gasteiger partial charge < -0.3 is 10.1 Å². The molecule has 0 spiro atoms. The highest BCUT2D eigenvalue weighted by Gasteiger charge is 2.31. The maximum Gasteiger partial charge on any atom is 0.416 e. The first kappa shape index (κ1) is 22.7. The van der Waals surface area contributed by atoms with E-state index in [1.165, 1.54) is 18.2 Å². The summed E-state index contributed by atoms with van der Waals surface area (Å²) in [6, 6.07) is 9.62. The lowest BCUT2D eigenvalue weighted by atomic mass is 10.1. The van der Waals surface area contributed by atoms with Crippen LogP contribution in [0, 0.1) is 12.8 Å². The number of Topliss-reactive ketones (excluding diaryl/α,β-unsaturated/α-hetero) is 1. The predicted molar refractivity (Wildman–Crippen MR) is 116 cm³/mol. The highest BCUT2D eigenvalue weighted by atomic mass is 19.4. The van der Waals surface area contributed by atoms with E-state index in [1.54, 1.807) is 19.1 Å². The third-order valence-electron chi connectivity index (χ3n) is 5.26. The predicted octanol–water partition coefficient (Wildman–Crippen LogP) is 5.35. The molecule has 1 saturated carbocycles. The zero-order valence-electron chi connectivity index (χ0n) is 17.9. The Morgan fingerprint density at radius 2 is 1.88 bits per heavy atom. The Balaban J connectivity index is 1.31. The number of pyridine rings is 2. The Labute approximate surface area is 188 Å². The van der Waals surface area contributed by atoms with E-state index in [4.69, 9.17) is 4.74 Å². The van der Waals surface area contributed by atoms with Crippen LogP contribution in [0.1, 0.15) is 47.3 Å². The van der Waals surface area contributed by atoms with E-state index in [0.717, 1.165) is 25.0 Å². The Kier molecular flexibility index (Phi) is 6.31. The number of nitrogens with zero attached hydrogens (tertiary/aromatic N) is 2. The Morgan fingerprint density at radius 1 is 1.09 bits per heavy atom. The van der Waals surface area contributed by atoms with Gasteiger partial charge in [-0.05, 0) is 62.6 Å². The molecule has 1 fully saturated rings. The van der Waals surface area contributed by atoms with Gasteiger partial charge in [0.05, 0.1) is 17.7 Å². The summed E-state index contributed by atoms with van der Waals surface area (Å²) >= 11 is 0. The second-order valence-electron chi connectivity index (χ2n) is 8.08. The molecule has 1 aliphatic carbocycles. The number of nitrogens with one attached hydrogen (secondary N) is 1. The molecule has 0 atom stereocenters. The van der Waals surface area contributed by atoms with Crippen LogP contribution in [-0.4, -0.2) is 28.3 Å². The number of rotatable bonds is 8.